The molecule has 0 radical (unpaired) electrons. The van der Waals surface area contributed by atoms with Gasteiger partial charge in [-0.1, -0.05) is 42.5 Å². The zero-order chi connectivity index (χ0) is 22.4. The summed E-state index contributed by atoms with van der Waals surface area (Å²) in [5, 5.41) is 15.5. The molecule has 0 unspecified atom stereocenters. The molecular formula is C21H20N4O5S. The topological polar surface area (TPSA) is 123 Å². The SMILES string of the molecule is COc1ccccc1NS(=O)(=O)c1cc([N+](=O)[O-])ccc1N/N=C(/C)c1ccccc1. The molecule has 0 fully saturated rings. The maximum absolute atomic E-state index is 13.1. The summed E-state index contributed by atoms with van der Waals surface area (Å²) in [5.41, 5.74) is 4.09. The second-order valence-electron chi connectivity index (χ2n) is 6.42. The van der Waals surface area contributed by atoms with Gasteiger partial charge in [0.15, 0.2) is 0 Å². The van der Waals surface area contributed by atoms with E-state index in [2.05, 4.69) is 15.2 Å². The Balaban J connectivity index is 2.01. The van der Waals surface area contributed by atoms with Gasteiger partial charge in [-0.25, -0.2) is 8.42 Å². The van der Waals surface area contributed by atoms with Crippen molar-refractivity contribution in [2.24, 2.45) is 5.10 Å². The van der Waals surface area contributed by atoms with E-state index in [4.69, 9.17) is 4.74 Å². The molecule has 2 N–H and O–H groups in total. The third kappa shape index (κ3) is 5.17. The van der Waals surface area contributed by atoms with Gasteiger partial charge in [0, 0.05) is 12.1 Å². The Morgan fingerprint density at radius 3 is 2.35 bits per heavy atom. The van der Waals surface area contributed by atoms with E-state index in [1.807, 2.05) is 30.3 Å². The quantitative estimate of drug-likeness (QED) is 0.307. The van der Waals surface area contributed by atoms with Gasteiger partial charge in [-0.2, -0.15) is 5.10 Å². The van der Waals surface area contributed by atoms with Crippen molar-refractivity contribution in [2.75, 3.05) is 17.3 Å². The van der Waals surface area contributed by atoms with Crippen LogP contribution in [-0.4, -0.2) is 26.2 Å². The highest BCUT2D eigenvalue weighted by molar-refractivity contribution is 7.93. The predicted octanol–water partition coefficient (Wildman–Crippen LogP) is 4.24. The van der Waals surface area contributed by atoms with Gasteiger partial charge in [0.2, 0.25) is 0 Å². The maximum atomic E-state index is 13.1. The van der Waals surface area contributed by atoms with Crippen LogP contribution in [0.3, 0.4) is 0 Å². The van der Waals surface area contributed by atoms with E-state index in [-0.39, 0.29) is 22.0 Å². The normalized spacial score (nSPS) is 11.6. The monoisotopic (exact) mass is 440 g/mol. The number of hydrazone groups is 1. The molecule has 3 aromatic rings. The summed E-state index contributed by atoms with van der Waals surface area (Å²) >= 11 is 0. The largest absolute Gasteiger partial charge is 0.495 e. The number of para-hydroxylation sites is 2. The summed E-state index contributed by atoms with van der Waals surface area (Å²) < 4.78 is 33.8. The van der Waals surface area contributed by atoms with Gasteiger partial charge in [-0.15, -0.1) is 0 Å². The third-order valence-electron chi connectivity index (χ3n) is 4.35. The molecule has 9 nitrogen and oxygen atoms in total. The Bertz CT molecular complexity index is 1230. The summed E-state index contributed by atoms with van der Waals surface area (Å²) in [6.07, 6.45) is 0. The highest BCUT2D eigenvalue weighted by atomic mass is 32.2. The second kappa shape index (κ2) is 9.26. The van der Waals surface area contributed by atoms with Crippen molar-refractivity contribution in [3.63, 3.8) is 0 Å². The summed E-state index contributed by atoms with van der Waals surface area (Å²) in [6, 6.07) is 19.2. The zero-order valence-electron chi connectivity index (χ0n) is 16.8. The van der Waals surface area contributed by atoms with Crippen LogP contribution >= 0.6 is 0 Å². The molecule has 0 saturated carbocycles. The fourth-order valence-corrected chi connectivity index (χ4v) is 4.00. The minimum Gasteiger partial charge on any atom is -0.495 e. The van der Waals surface area contributed by atoms with Crippen LogP contribution < -0.4 is 14.9 Å². The van der Waals surface area contributed by atoms with Crippen molar-refractivity contribution >= 4 is 32.8 Å². The molecule has 0 spiro atoms. The molecule has 0 atom stereocenters. The third-order valence-corrected chi connectivity index (χ3v) is 5.76. The van der Waals surface area contributed by atoms with Crippen LogP contribution in [0.1, 0.15) is 12.5 Å². The first kappa shape index (κ1) is 21.8. The van der Waals surface area contributed by atoms with Crippen molar-refractivity contribution in [1.82, 2.24) is 0 Å². The molecule has 31 heavy (non-hydrogen) atoms. The molecule has 0 bridgehead atoms. The predicted molar refractivity (Wildman–Crippen MR) is 119 cm³/mol. The lowest BCUT2D eigenvalue weighted by Crippen LogP contribution is -2.16. The minimum absolute atomic E-state index is 0.0864. The number of ether oxygens (including phenoxy) is 1. The van der Waals surface area contributed by atoms with Gasteiger partial charge >= 0.3 is 0 Å². The molecule has 0 aliphatic carbocycles. The van der Waals surface area contributed by atoms with Crippen LogP contribution in [-0.2, 0) is 10.0 Å². The number of nitro benzene ring substituents is 1. The van der Waals surface area contributed by atoms with Crippen LogP contribution in [0.5, 0.6) is 5.75 Å². The van der Waals surface area contributed by atoms with Crippen molar-refractivity contribution in [3.8, 4) is 5.75 Å². The molecule has 0 saturated heterocycles. The summed E-state index contributed by atoms with van der Waals surface area (Å²) in [5.74, 6) is 0.309. The summed E-state index contributed by atoms with van der Waals surface area (Å²) in [7, 11) is -2.80. The smallest absolute Gasteiger partial charge is 0.270 e. The Morgan fingerprint density at radius 1 is 1.00 bits per heavy atom. The number of hydrogen-bond donors (Lipinski definition) is 2. The Hall–Kier alpha value is -3.92. The van der Waals surface area contributed by atoms with E-state index in [1.54, 1.807) is 25.1 Å². The fraction of sp³-hybridized carbons (Fsp3) is 0.0952. The van der Waals surface area contributed by atoms with Crippen molar-refractivity contribution < 1.29 is 18.1 Å². The molecule has 0 aromatic heterocycles. The van der Waals surface area contributed by atoms with Gasteiger partial charge in [-0.05, 0) is 30.7 Å². The highest BCUT2D eigenvalue weighted by Gasteiger charge is 2.24. The first-order chi connectivity index (χ1) is 14.8. The number of methoxy groups -OCH3 is 1. The number of sulfonamides is 1. The Kier molecular flexibility index (Phi) is 6.51. The zero-order valence-corrected chi connectivity index (χ0v) is 17.6. The molecule has 0 heterocycles. The van der Waals surface area contributed by atoms with Gasteiger partial charge in [0.1, 0.15) is 10.6 Å². The number of non-ortho nitro benzene ring substituents is 1. The van der Waals surface area contributed by atoms with Crippen LogP contribution in [0, 0.1) is 10.1 Å². The number of rotatable bonds is 8. The van der Waals surface area contributed by atoms with E-state index in [0.29, 0.717) is 11.5 Å². The van der Waals surface area contributed by atoms with Crippen LogP contribution in [0.15, 0.2) is 82.8 Å². The number of hydrogen-bond acceptors (Lipinski definition) is 7. The summed E-state index contributed by atoms with van der Waals surface area (Å²) in [6.45, 7) is 1.76. The second-order valence-corrected chi connectivity index (χ2v) is 8.07. The molecular weight excluding hydrogens is 420 g/mol. The Labute approximate surface area is 179 Å². The molecule has 0 amide bonds. The number of anilines is 2. The first-order valence-electron chi connectivity index (χ1n) is 9.12. The van der Waals surface area contributed by atoms with Crippen LogP contribution in [0.2, 0.25) is 0 Å². The fourth-order valence-electron chi connectivity index (χ4n) is 2.76. The molecule has 3 aromatic carbocycles. The van der Waals surface area contributed by atoms with E-state index in [9.17, 15) is 18.5 Å². The van der Waals surface area contributed by atoms with Crippen molar-refractivity contribution in [2.45, 2.75) is 11.8 Å². The van der Waals surface area contributed by atoms with Crippen molar-refractivity contribution in [3.05, 3.63) is 88.5 Å². The van der Waals surface area contributed by atoms with Gasteiger partial charge in [0.25, 0.3) is 15.7 Å². The van der Waals surface area contributed by atoms with E-state index < -0.39 is 14.9 Å². The molecule has 3 rings (SSSR count). The van der Waals surface area contributed by atoms with E-state index in [1.165, 1.54) is 25.3 Å². The number of nitrogens with one attached hydrogen (secondary N) is 2. The van der Waals surface area contributed by atoms with Crippen molar-refractivity contribution in [1.29, 1.82) is 0 Å². The lowest BCUT2D eigenvalue weighted by atomic mass is 10.1. The molecule has 10 heteroatoms. The highest BCUT2D eigenvalue weighted by Crippen LogP contribution is 2.31. The van der Waals surface area contributed by atoms with Crippen LogP contribution in [0.4, 0.5) is 17.1 Å². The number of nitrogens with zero attached hydrogens (tertiary/aromatic N) is 2. The van der Waals surface area contributed by atoms with E-state index >= 15 is 0 Å². The lowest BCUT2D eigenvalue weighted by molar-refractivity contribution is -0.385. The van der Waals surface area contributed by atoms with Crippen LogP contribution in [0.25, 0.3) is 0 Å². The lowest BCUT2D eigenvalue weighted by Gasteiger charge is -2.14. The van der Waals surface area contributed by atoms with Gasteiger partial charge in [-0.3, -0.25) is 20.3 Å². The van der Waals surface area contributed by atoms with Gasteiger partial charge in [0.05, 0.1) is 29.1 Å². The number of benzene rings is 3. The molecule has 160 valence electrons. The van der Waals surface area contributed by atoms with E-state index in [0.717, 1.165) is 11.6 Å². The number of nitro groups is 1. The molecule has 0 aliphatic rings. The minimum atomic E-state index is -4.21. The Morgan fingerprint density at radius 2 is 1.68 bits per heavy atom. The average molecular weight is 440 g/mol. The first-order valence-corrected chi connectivity index (χ1v) is 10.6. The maximum Gasteiger partial charge on any atom is 0.270 e. The molecule has 0 aliphatic heterocycles. The average Bonchev–Trinajstić information content (AvgIpc) is 2.78. The standard InChI is InChI=1S/C21H20N4O5S/c1-15(16-8-4-3-5-9-16)22-23-19-13-12-17(25(26)27)14-21(19)31(28,29)24-18-10-6-7-11-20(18)30-2/h3-14,23-24H,1-2H3/b22-15-. The van der Waals surface area contributed by atoms with Gasteiger partial charge < -0.3 is 4.74 Å². The summed E-state index contributed by atoms with van der Waals surface area (Å²) in [4.78, 5) is 10.2.